The van der Waals surface area contributed by atoms with Crippen LogP contribution in [-0.4, -0.2) is 52.2 Å². The van der Waals surface area contributed by atoms with E-state index < -0.39 is 12.5 Å². The molecule has 1 aromatic carbocycles. The third-order valence-electron chi connectivity index (χ3n) is 6.63. The predicted molar refractivity (Wildman–Crippen MR) is 123 cm³/mol. The summed E-state index contributed by atoms with van der Waals surface area (Å²) >= 11 is 0. The number of carbonyl (C=O) groups excluding carboxylic acids is 2. The lowest BCUT2D eigenvalue weighted by Gasteiger charge is -2.33. The van der Waals surface area contributed by atoms with Gasteiger partial charge in [0.25, 0.3) is 0 Å². The number of halogens is 4. The van der Waals surface area contributed by atoms with Crippen molar-refractivity contribution in [2.45, 2.75) is 71.3 Å². The van der Waals surface area contributed by atoms with E-state index in [1.165, 1.54) is 17.7 Å². The lowest BCUT2D eigenvalue weighted by molar-refractivity contribution is -0.156. The van der Waals surface area contributed by atoms with E-state index in [1.807, 2.05) is 16.5 Å². The Labute approximate surface area is 202 Å². The summed E-state index contributed by atoms with van der Waals surface area (Å²) in [5.41, 5.74) is 4.45. The summed E-state index contributed by atoms with van der Waals surface area (Å²) in [7, 11) is 0. The minimum Gasteiger partial charge on any atom is -0.336 e. The average Bonchev–Trinajstić information content (AvgIpc) is 3.15. The van der Waals surface area contributed by atoms with Crippen LogP contribution in [0, 0.1) is 18.7 Å². The molecule has 2 atom stereocenters. The van der Waals surface area contributed by atoms with E-state index >= 15 is 0 Å². The van der Waals surface area contributed by atoms with Crippen molar-refractivity contribution in [3.63, 3.8) is 0 Å². The van der Waals surface area contributed by atoms with Gasteiger partial charge in [-0.2, -0.15) is 18.3 Å². The summed E-state index contributed by atoms with van der Waals surface area (Å²) < 4.78 is 46.5. The highest BCUT2D eigenvalue weighted by Gasteiger charge is 2.29. The highest BCUT2D eigenvalue weighted by molar-refractivity contribution is 5.76. The largest absolute Gasteiger partial charge is 0.446 e. The van der Waals surface area contributed by atoms with Gasteiger partial charge < -0.3 is 10.2 Å². The molecule has 35 heavy (non-hydrogen) atoms. The molecular formula is C25H32F4N4O2. The van der Waals surface area contributed by atoms with Gasteiger partial charge in [0.1, 0.15) is 5.82 Å². The van der Waals surface area contributed by atoms with Crippen molar-refractivity contribution in [1.29, 1.82) is 0 Å². The predicted octanol–water partition coefficient (Wildman–Crippen LogP) is 4.18. The Morgan fingerprint density at radius 3 is 2.57 bits per heavy atom. The molecule has 1 fully saturated rings. The zero-order chi connectivity index (χ0) is 25.6. The first kappa shape index (κ1) is 26.8. The Hall–Kier alpha value is -2.75. The molecule has 192 valence electrons. The molecular weight excluding hydrogens is 464 g/mol. The van der Waals surface area contributed by atoms with Gasteiger partial charge in [0.05, 0.1) is 24.5 Å². The van der Waals surface area contributed by atoms with Gasteiger partial charge >= 0.3 is 6.18 Å². The molecule has 3 heterocycles. The number of benzene rings is 1. The van der Waals surface area contributed by atoms with Gasteiger partial charge in [0.15, 0.2) is 0 Å². The van der Waals surface area contributed by atoms with Crippen LogP contribution >= 0.6 is 0 Å². The summed E-state index contributed by atoms with van der Waals surface area (Å²) in [5, 5.41) is 8.26. The Morgan fingerprint density at radius 1 is 1.26 bits per heavy atom. The Balaban J connectivity index is 0.000000509. The quantitative estimate of drug-likeness (QED) is 0.498. The van der Waals surface area contributed by atoms with Crippen LogP contribution in [0.2, 0.25) is 0 Å². The molecule has 1 saturated heterocycles. The number of amides is 1. The third-order valence-corrected chi connectivity index (χ3v) is 6.63. The number of nitrogens with one attached hydrogen (secondary N) is 1. The number of aldehydes is 1. The fourth-order valence-corrected chi connectivity index (χ4v) is 4.75. The van der Waals surface area contributed by atoms with Crippen molar-refractivity contribution in [2.75, 3.05) is 13.1 Å². The number of piperidine rings is 1. The molecule has 10 heteroatoms. The molecule has 0 radical (unpaired) electrons. The van der Waals surface area contributed by atoms with Crippen LogP contribution < -0.4 is 5.32 Å². The van der Waals surface area contributed by atoms with Crippen LogP contribution in [0.4, 0.5) is 17.6 Å². The Bertz CT molecular complexity index is 1000. The number of hydrogen-bond acceptors (Lipinski definition) is 4. The second-order valence-corrected chi connectivity index (χ2v) is 9.17. The second kappa shape index (κ2) is 11.8. The van der Waals surface area contributed by atoms with Crippen molar-refractivity contribution in [1.82, 2.24) is 20.0 Å². The van der Waals surface area contributed by atoms with Crippen LogP contribution in [-0.2, 0) is 29.1 Å². The normalized spacial score (nSPS) is 20.0. The fourth-order valence-electron chi connectivity index (χ4n) is 4.75. The molecule has 1 amide bonds. The van der Waals surface area contributed by atoms with Crippen LogP contribution in [0.15, 0.2) is 24.3 Å². The van der Waals surface area contributed by atoms with Gasteiger partial charge in [-0.1, -0.05) is 19.1 Å². The van der Waals surface area contributed by atoms with Gasteiger partial charge in [-0.3, -0.25) is 14.3 Å². The van der Waals surface area contributed by atoms with E-state index in [0.717, 1.165) is 55.7 Å². The van der Waals surface area contributed by atoms with E-state index in [9.17, 15) is 22.4 Å². The Kier molecular flexibility index (Phi) is 9.04. The van der Waals surface area contributed by atoms with Crippen LogP contribution in [0.3, 0.4) is 0 Å². The summed E-state index contributed by atoms with van der Waals surface area (Å²) in [6.45, 7) is 7.26. The first-order valence-corrected chi connectivity index (χ1v) is 11.9. The average molecular weight is 497 g/mol. The smallest absolute Gasteiger partial charge is 0.336 e. The van der Waals surface area contributed by atoms with Crippen LogP contribution in [0.5, 0.6) is 0 Å². The molecule has 2 unspecified atom stereocenters. The summed E-state index contributed by atoms with van der Waals surface area (Å²) in [6, 6.07) is 7.11. The first-order valence-electron chi connectivity index (χ1n) is 11.9. The van der Waals surface area contributed by atoms with Gasteiger partial charge in [0.2, 0.25) is 12.2 Å². The standard InChI is InChI=1S/C23H31FN4O.C2HF3O/c1-3-20-12-18(8-10-25-20)13-23(29)27-11-9-21-16(2)26-28(22(21)15-27)14-17-4-6-19(24)7-5-17;3-2(4,5)1-6/h4-7,18,20,25H,3,8-15H2,1-2H3;1H. The minimum absolute atomic E-state index is 0.229. The number of carbonyl (C=O) groups is 2. The Morgan fingerprint density at radius 2 is 1.94 bits per heavy atom. The van der Waals surface area contributed by atoms with Crippen molar-refractivity contribution in [3.05, 3.63) is 52.6 Å². The zero-order valence-electron chi connectivity index (χ0n) is 20.1. The molecule has 0 spiro atoms. The van der Waals surface area contributed by atoms with E-state index in [1.54, 1.807) is 12.1 Å². The van der Waals surface area contributed by atoms with Crippen molar-refractivity contribution >= 4 is 12.2 Å². The van der Waals surface area contributed by atoms with E-state index in [0.29, 0.717) is 31.5 Å². The second-order valence-electron chi connectivity index (χ2n) is 9.17. The highest BCUT2D eigenvalue weighted by atomic mass is 19.4. The molecule has 2 aliphatic heterocycles. The van der Waals surface area contributed by atoms with Crippen molar-refractivity contribution in [3.8, 4) is 0 Å². The minimum atomic E-state index is -4.64. The molecule has 0 bridgehead atoms. The van der Waals surface area contributed by atoms with Gasteiger partial charge in [-0.25, -0.2) is 4.39 Å². The highest BCUT2D eigenvalue weighted by Crippen LogP contribution is 2.26. The first-order chi connectivity index (χ1) is 16.6. The lowest BCUT2D eigenvalue weighted by atomic mass is 9.88. The third kappa shape index (κ3) is 7.62. The number of nitrogens with zero attached hydrogens (tertiary/aromatic N) is 3. The number of hydrogen-bond donors (Lipinski definition) is 1. The van der Waals surface area contributed by atoms with Gasteiger partial charge in [-0.05, 0) is 68.3 Å². The molecule has 0 aliphatic carbocycles. The molecule has 6 nitrogen and oxygen atoms in total. The molecule has 2 aromatic rings. The number of alkyl halides is 3. The molecule has 4 rings (SSSR count). The fraction of sp³-hybridized carbons (Fsp3) is 0.560. The topological polar surface area (TPSA) is 67.2 Å². The van der Waals surface area contributed by atoms with E-state index in [4.69, 9.17) is 9.89 Å². The van der Waals surface area contributed by atoms with Gasteiger partial charge in [0, 0.05) is 19.0 Å². The van der Waals surface area contributed by atoms with Gasteiger partial charge in [-0.15, -0.1) is 0 Å². The summed E-state index contributed by atoms with van der Waals surface area (Å²) in [4.78, 5) is 23.7. The van der Waals surface area contributed by atoms with Crippen LogP contribution in [0.1, 0.15) is 55.1 Å². The summed E-state index contributed by atoms with van der Waals surface area (Å²) in [6.07, 6.45) is -0.878. The monoisotopic (exact) mass is 496 g/mol. The molecule has 0 saturated carbocycles. The van der Waals surface area contributed by atoms with Crippen LogP contribution in [0.25, 0.3) is 0 Å². The number of rotatable bonds is 5. The number of aromatic nitrogens is 2. The molecule has 2 aliphatic rings. The zero-order valence-corrected chi connectivity index (χ0v) is 20.1. The SMILES string of the molecule is CCC1CC(CC(=O)N2CCc3c(C)nn(Cc4ccc(F)cc4)c3C2)CCN1.O=CC(F)(F)F. The van der Waals surface area contributed by atoms with Crippen molar-refractivity contribution < 1.29 is 27.2 Å². The molecule has 1 aromatic heterocycles. The summed E-state index contributed by atoms with van der Waals surface area (Å²) in [5.74, 6) is 0.526. The molecule has 1 N–H and O–H groups in total. The maximum Gasteiger partial charge on any atom is 0.446 e. The number of aryl methyl sites for hydroxylation is 1. The maximum atomic E-state index is 13.2. The number of fused-ring (bicyclic) bond motifs is 1. The lowest BCUT2D eigenvalue weighted by Crippen LogP contribution is -2.41. The van der Waals surface area contributed by atoms with Crippen molar-refractivity contribution in [2.24, 2.45) is 5.92 Å². The van der Waals surface area contributed by atoms with E-state index in [2.05, 4.69) is 12.2 Å². The maximum absolute atomic E-state index is 13.2. The van der Waals surface area contributed by atoms with E-state index in [-0.39, 0.29) is 11.7 Å².